The predicted molar refractivity (Wildman–Crippen MR) is 117 cm³/mol. The average Bonchev–Trinajstić information content (AvgIpc) is 3.47. The van der Waals surface area contributed by atoms with E-state index in [1.807, 2.05) is 34.9 Å². The van der Waals surface area contributed by atoms with E-state index < -0.39 is 6.10 Å². The number of benzene rings is 2. The zero-order valence-corrected chi connectivity index (χ0v) is 17.5. The summed E-state index contributed by atoms with van der Waals surface area (Å²) in [5.74, 6) is -0.363. The van der Waals surface area contributed by atoms with Crippen LogP contribution >= 0.6 is 11.3 Å². The second-order valence-corrected chi connectivity index (χ2v) is 8.41. The van der Waals surface area contributed by atoms with E-state index in [-0.39, 0.29) is 24.5 Å². The number of thiazole rings is 1. The third-order valence-electron chi connectivity index (χ3n) is 5.39. The van der Waals surface area contributed by atoms with Crippen LogP contribution in [0.2, 0.25) is 0 Å². The lowest BCUT2D eigenvalue weighted by molar-refractivity contribution is 0.0886. The first-order valence-corrected chi connectivity index (χ1v) is 10.7. The van der Waals surface area contributed by atoms with Crippen molar-refractivity contribution < 1.29 is 19.4 Å². The van der Waals surface area contributed by atoms with Gasteiger partial charge in [-0.15, -0.1) is 0 Å². The van der Waals surface area contributed by atoms with Crippen LogP contribution in [0.5, 0.6) is 0 Å². The lowest BCUT2D eigenvalue weighted by atomic mass is 10.1. The molecule has 2 atom stereocenters. The molecule has 3 heterocycles. The van der Waals surface area contributed by atoms with Crippen molar-refractivity contribution in [3.05, 3.63) is 59.8 Å². The number of nitrogens with zero attached hydrogens (tertiary/aromatic N) is 2. The maximum Gasteiger partial charge on any atom is 0.251 e. The molecule has 2 amide bonds. The van der Waals surface area contributed by atoms with Crippen LogP contribution in [-0.4, -0.2) is 58.7 Å². The Kier molecular flexibility index (Phi) is 4.93. The van der Waals surface area contributed by atoms with Crippen molar-refractivity contribution in [1.29, 1.82) is 0 Å². The maximum absolute atomic E-state index is 12.6. The van der Waals surface area contributed by atoms with Crippen molar-refractivity contribution in [2.75, 3.05) is 20.3 Å². The fourth-order valence-corrected chi connectivity index (χ4v) is 4.70. The van der Waals surface area contributed by atoms with Crippen LogP contribution < -0.4 is 10.6 Å². The van der Waals surface area contributed by atoms with E-state index in [1.165, 1.54) is 11.3 Å². The van der Waals surface area contributed by atoms with Gasteiger partial charge in [0, 0.05) is 29.9 Å². The van der Waals surface area contributed by atoms with Crippen molar-refractivity contribution in [3.8, 4) is 11.3 Å². The summed E-state index contributed by atoms with van der Waals surface area (Å²) in [6, 6.07) is 12.4. The summed E-state index contributed by atoms with van der Waals surface area (Å²) in [5.41, 5.74) is 3.82. The van der Waals surface area contributed by atoms with Crippen molar-refractivity contribution in [2.24, 2.45) is 0 Å². The SMILES string of the molecule is CNC(=O)c1ccc(-c2cn3c(n2)sc2cc(C(=O)N[C@H]4COC[C@@H]4O)ccc23)cc1. The molecule has 8 nitrogen and oxygen atoms in total. The van der Waals surface area contributed by atoms with E-state index >= 15 is 0 Å². The van der Waals surface area contributed by atoms with Gasteiger partial charge in [-0.25, -0.2) is 4.98 Å². The number of hydrogen-bond donors (Lipinski definition) is 3. The summed E-state index contributed by atoms with van der Waals surface area (Å²) in [4.78, 5) is 29.8. The minimum Gasteiger partial charge on any atom is -0.388 e. The highest BCUT2D eigenvalue weighted by atomic mass is 32.1. The highest BCUT2D eigenvalue weighted by molar-refractivity contribution is 7.23. The second kappa shape index (κ2) is 7.77. The lowest BCUT2D eigenvalue weighted by Crippen LogP contribution is -2.42. The second-order valence-electron chi connectivity index (χ2n) is 7.40. The Labute approximate surface area is 181 Å². The Bertz CT molecular complexity index is 1290. The van der Waals surface area contributed by atoms with Crippen molar-refractivity contribution >= 4 is 38.3 Å². The summed E-state index contributed by atoms with van der Waals surface area (Å²) in [5, 5.41) is 15.3. The number of nitrogens with one attached hydrogen (secondary N) is 2. The molecule has 9 heteroatoms. The van der Waals surface area contributed by atoms with Gasteiger partial charge in [0.2, 0.25) is 0 Å². The monoisotopic (exact) mass is 436 g/mol. The number of hydrogen-bond acceptors (Lipinski definition) is 6. The number of imidazole rings is 1. The van der Waals surface area contributed by atoms with E-state index in [0.29, 0.717) is 17.7 Å². The van der Waals surface area contributed by atoms with Gasteiger partial charge in [-0.3, -0.25) is 14.0 Å². The van der Waals surface area contributed by atoms with E-state index in [1.54, 1.807) is 25.2 Å². The third kappa shape index (κ3) is 3.56. The van der Waals surface area contributed by atoms with Crippen LogP contribution in [0.4, 0.5) is 0 Å². The molecule has 0 saturated carbocycles. The van der Waals surface area contributed by atoms with Crippen LogP contribution in [0, 0.1) is 0 Å². The number of aromatic nitrogens is 2. The van der Waals surface area contributed by atoms with Gasteiger partial charge < -0.3 is 20.5 Å². The first-order valence-electron chi connectivity index (χ1n) is 9.84. The van der Waals surface area contributed by atoms with Gasteiger partial charge in [0.1, 0.15) is 0 Å². The molecule has 1 saturated heterocycles. The van der Waals surface area contributed by atoms with Crippen molar-refractivity contribution in [1.82, 2.24) is 20.0 Å². The number of aliphatic hydroxyl groups is 1. The summed E-state index contributed by atoms with van der Waals surface area (Å²) in [6.45, 7) is 0.553. The molecule has 1 aliphatic rings. The number of aliphatic hydroxyl groups excluding tert-OH is 1. The maximum atomic E-state index is 12.6. The molecule has 4 aromatic rings. The molecule has 0 radical (unpaired) electrons. The number of carbonyl (C=O) groups is 2. The van der Waals surface area contributed by atoms with Crippen molar-refractivity contribution in [3.63, 3.8) is 0 Å². The number of amides is 2. The van der Waals surface area contributed by atoms with E-state index in [9.17, 15) is 14.7 Å². The molecular weight excluding hydrogens is 416 g/mol. The fourth-order valence-electron chi connectivity index (χ4n) is 3.65. The van der Waals surface area contributed by atoms with Gasteiger partial charge in [0.05, 0.1) is 41.3 Å². The molecular formula is C22H20N4O4S. The Balaban J connectivity index is 1.41. The molecule has 0 spiro atoms. The fraction of sp³-hybridized carbons (Fsp3) is 0.227. The molecule has 0 unspecified atom stereocenters. The first kappa shape index (κ1) is 19.7. The van der Waals surface area contributed by atoms with E-state index in [0.717, 1.165) is 26.4 Å². The Morgan fingerprint density at radius 3 is 2.61 bits per heavy atom. The van der Waals surface area contributed by atoms with Gasteiger partial charge in [-0.2, -0.15) is 0 Å². The molecule has 0 bridgehead atoms. The third-order valence-corrected chi connectivity index (χ3v) is 6.41. The van der Waals surface area contributed by atoms with Gasteiger partial charge in [0.25, 0.3) is 11.8 Å². The minimum absolute atomic E-state index is 0.127. The molecule has 158 valence electrons. The van der Waals surface area contributed by atoms with Crippen LogP contribution in [0.25, 0.3) is 26.4 Å². The van der Waals surface area contributed by atoms with E-state index in [2.05, 4.69) is 10.6 Å². The topological polar surface area (TPSA) is 105 Å². The van der Waals surface area contributed by atoms with Crippen LogP contribution in [0.1, 0.15) is 20.7 Å². The standard InChI is InChI=1S/C22H20N4O4S/c1-23-20(28)13-4-2-12(3-5-13)15-9-26-17-7-6-14(8-19(17)31-22(26)25-15)21(29)24-16-10-30-11-18(16)27/h2-9,16,18,27H,10-11H2,1H3,(H,23,28)(H,24,29)/t16-,18-/m0/s1. The normalized spacial score (nSPS) is 18.5. The number of ether oxygens (including phenoxy) is 1. The molecule has 5 rings (SSSR count). The average molecular weight is 436 g/mol. The smallest absolute Gasteiger partial charge is 0.251 e. The Morgan fingerprint density at radius 2 is 1.90 bits per heavy atom. The highest BCUT2D eigenvalue weighted by Crippen LogP contribution is 2.30. The highest BCUT2D eigenvalue weighted by Gasteiger charge is 2.28. The number of fused-ring (bicyclic) bond motifs is 3. The van der Waals surface area contributed by atoms with Gasteiger partial charge >= 0.3 is 0 Å². The molecule has 2 aromatic carbocycles. The molecule has 31 heavy (non-hydrogen) atoms. The van der Waals surface area contributed by atoms with Crippen LogP contribution in [-0.2, 0) is 4.74 Å². The minimum atomic E-state index is -0.679. The number of rotatable bonds is 4. The van der Waals surface area contributed by atoms with Gasteiger partial charge in [-0.05, 0) is 30.3 Å². The van der Waals surface area contributed by atoms with Crippen molar-refractivity contribution in [2.45, 2.75) is 12.1 Å². The summed E-state index contributed by atoms with van der Waals surface area (Å²) < 4.78 is 8.13. The van der Waals surface area contributed by atoms with Gasteiger partial charge in [-0.1, -0.05) is 23.5 Å². The molecule has 3 N–H and O–H groups in total. The number of carbonyl (C=O) groups excluding carboxylic acids is 2. The largest absolute Gasteiger partial charge is 0.388 e. The van der Waals surface area contributed by atoms with Gasteiger partial charge in [0.15, 0.2) is 4.96 Å². The lowest BCUT2D eigenvalue weighted by Gasteiger charge is -2.14. The first-order chi connectivity index (χ1) is 15.0. The molecule has 0 aliphatic carbocycles. The predicted octanol–water partition coefficient (Wildman–Crippen LogP) is 2.07. The van der Waals surface area contributed by atoms with E-state index in [4.69, 9.17) is 9.72 Å². The molecule has 1 fully saturated rings. The summed E-state index contributed by atoms with van der Waals surface area (Å²) >= 11 is 1.50. The molecule has 2 aromatic heterocycles. The zero-order valence-electron chi connectivity index (χ0n) is 16.7. The quantitative estimate of drug-likeness (QED) is 0.454. The summed E-state index contributed by atoms with van der Waals surface area (Å²) in [7, 11) is 1.60. The van der Waals surface area contributed by atoms with Crippen LogP contribution in [0.15, 0.2) is 48.7 Å². The molecule has 1 aliphatic heterocycles. The summed E-state index contributed by atoms with van der Waals surface area (Å²) in [6.07, 6.45) is 1.27. The zero-order chi connectivity index (χ0) is 21.5. The Hall–Kier alpha value is -3.27. The Morgan fingerprint density at radius 1 is 1.13 bits per heavy atom. The van der Waals surface area contributed by atoms with Crippen LogP contribution in [0.3, 0.4) is 0 Å².